The molecule has 0 bridgehead atoms. The molecule has 3 rings (SSSR count). The number of anilines is 2. The van der Waals surface area contributed by atoms with Crippen molar-refractivity contribution in [1.29, 1.82) is 0 Å². The van der Waals surface area contributed by atoms with E-state index in [4.69, 9.17) is 0 Å². The minimum atomic E-state index is -1.61. The van der Waals surface area contributed by atoms with Crippen molar-refractivity contribution in [3.8, 4) is 0 Å². The van der Waals surface area contributed by atoms with E-state index in [0.717, 1.165) is 34.0 Å². The summed E-state index contributed by atoms with van der Waals surface area (Å²) in [5.74, 6) is -5.66. The molecular formula is C20H17F4N3O2S. The van der Waals surface area contributed by atoms with Crippen molar-refractivity contribution in [1.82, 2.24) is 9.55 Å². The van der Waals surface area contributed by atoms with Gasteiger partial charge in [-0.1, -0.05) is 0 Å². The quantitative estimate of drug-likeness (QED) is 0.371. The molecule has 2 aromatic carbocycles. The number of halogens is 4. The molecule has 158 valence electrons. The number of benzene rings is 2. The summed E-state index contributed by atoms with van der Waals surface area (Å²) >= 11 is -1.28. The third-order valence-electron chi connectivity index (χ3n) is 4.57. The topological polar surface area (TPSA) is 70.0 Å². The standard InChI is InChI=1S/C20H17F4N3O2S/c1-10-4-13(30(3)29)7-17(11(10)2)25-20-26-19(28)16(23)9-27(20)8-12-5-14(21)18(24)15(22)6-12/h4-7,9H,8H2,1-3H3,(H,25,26,28). The zero-order valence-corrected chi connectivity index (χ0v) is 17.0. The molecule has 0 saturated heterocycles. The molecule has 5 nitrogen and oxygen atoms in total. The smallest absolute Gasteiger partial charge is 0.310 e. The van der Waals surface area contributed by atoms with Crippen LogP contribution in [0.5, 0.6) is 0 Å². The fraction of sp³-hybridized carbons (Fsp3) is 0.200. The van der Waals surface area contributed by atoms with Crippen LogP contribution in [0.15, 0.2) is 40.2 Å². The van der Waals surface area contributed by atoms with Crippen molar-refractivity contribution < 1.29 is 22.1 Å². The molecule has 1 aromatic heterocycles. The van der Waals surface area contributed by atoms with Gasteiger partial charge in [0.15, 0.2) is 22.3 Å². The molecule has 0 radical (unpaired) electrons. The second-order valence-corrected chi connectivity index (χ2v) is 8.09. The number of nitrogens with zero attached hydrogens (tertiary/aromatic N) is 2. The average Bonchev–Trinajstić information content (AvgIpc) is 2.66. The highest BCUT2D eigenvalue weighted by Crippen LogP contribution is 2.27. The van der Waals surface area contributed by atoms with Crippen LogP contribution in [0.2, 0.25) is 0 Å². The van der Waals surface area contributed by atoms with Crippen LogP contribution in [0, 0.1) is 37.1 Å². The van der Waals surface area contributed by atoms with E-state index >= 15 is 0 Å². The van der Waals surface area contributed by atoms with Crippen molar-refractivity contribution in [2.24, 2.45) is 0 Å². The number of rotatable bonds is 5. The van der Waals surface area contributed by atoms with Crippen molar-refractivity contribution in [2.45, 2.75) is 25.3 Å². The van der Waals surface area contributed by atoms with Gasteiger partial charge in [-0.3, -0.25) is 4.79 Å². The lowest BCUT2D eigenvalue weighted by Gasteiger charge is -2.17. The third-order valence-corrected chi connectivity index (χ3v) is 5.47. The Bertz CT molecular complexity index is 1160. The summed E-state index contributed by atoms with van der Waals surface area (Å²) in [7, 11) is 0. The molecule has 0 fully saturated rings. The molecule has 0 aliphatic carbocycles. The minimum Gasteiger partial charge on any atom is -0.612 e. The summed E-state index contributed by atoms with van der Waals surface area (Å²) in [4.78, 5) is 15.9. The van der Waals surface area contributed by atoms with Gasteiger partial charge in [-0.25, -0.2) is 13.2 Å². The van der Waals surface area contributed by atoms with E-state index in [-0.39, 0.29) is 18.1 Å². The van der Waals surface area contributed by atoms with Crippen LogP contribution in [0.4, 0.5) is 29.2 Å². The van der Waals surface area contributed by atoms with Gasteiger partial charge in [-0.15, -0.1) is 0 Å². The van der Waals surface area contributed by atoms with Crippen LogP contribution in [-0.4, -0.2) is 20.4 Å². The van der Waals surface area contributed by atoms with Gasteiger partial charge in [0.2, 0.25) is 11.8 Å². The monoisotopic (exact) mass is 439 g/mol. The Labute approximate surface area is 172 Å². The first-order valence-electron chi connectivity index (χ1n) is 8.69. The Morgan fingerprint density at radius 2 is 1.70 bits per heavy atom. The maximum Gasteiger partial charge on any atom is 0.310 e. The second-order valence-electron chi connectivity index (χ2n) is 6.71. The van der Waals surface area contributed by atoms with E-state index < -0.39 is 40.0 Å². The summed E-state index contributed by atoms with van der Waals surface area (Å²) in [6, 6.07) is 4.91. The zero-order chi connectivity index (χ0) is 22.2. The van der Waals surface area contributed by atoms with Crippen molar-refractivity contribution in [2.75, 3.05) is 11.6 Å². The highest BCUT2D eigenvalue weighted by Gasteiger charge is 2.16. The molecule has 1 atom stereocenters. The van der Waals surface area contributed by atoms with Crippen LogP contribution in [-0.2, 0) is 17.7 Å². The molecule has 1 N–H and O–H groups in total. The van der Waals surface area contributed by atoms with Crippen molar-refractivity contribution in [3.05, 3.63) is 80.8 Å². The first kappa shape index (κ1) is 21.8. The second kappa shape index (κ2) is 8.49. The van der Waals surface area contributed by atoms with Gasteiger partial charge in [0.25, 0.3) is 0 Å². The normalized spacial score (nSPS) is 12.1. The van der Waals surface area contributed by atoms with Gasteiger partial charge in [-0.05, 0) is 59.9 Å². The van der Waals surface area contributed by atoms with E-state index in [0.29, 0.717) is 10.6 Å². The van der Waals surface area contributed by atoms with Gasteiger partial charge in [0.05, 0.1) is 6.54 Å². The summed E-state index contributed by atoms with van der Waals surface area (Å²) in [6.45, 7) is 3.31. The van der Waals surface area contributed by atoms with Crippen molar-refractivity contribution in [3.63, 3.8) is 0 Å². The van der Waals surface area contributed by atoms with Gasteiger partial charge >= 0.3 is 5.56 Å². The van der Waals surface area contributed by atoms with Gasteiger partial charge in [0.1, 0.15) is 6.26 Å². The average molecular weight is 439 g/mol. The predicted octanol–water partition coefficient (Wildman–Crippen LogP) is 3.95. The van der Waals surface area contributed by atoms with Crippen LogP contribution in [0.3, 0.4) is 0 Å². The first-order chi connectivity index (χ1) is 14.1. The number of aryl methyl sites for hydroxylation is 1. The maximum absolute atomic E-state index is 13.9. The number of nitrogens with one attached hydrogen (secondary N) is 1. The summed E-state index contributed by atoms with van der Waals surface area (Å²) < 4.78 is 67.2. The fourth-order valence-corrected chi connectivity index (χ4v) is 3.45. The summed E-state index contributed by atoms with van der Waals surface area (Å²) in [5.41, 5.74) is 0.937. The van der Waals surface area contributed by atoms with E-state index in [2.05, 4.69) is 10.3 Å². The Morgan fingerprint density at radius 1 is 1.07 bits per heavy atom. The van der Waals surface area contributed by atoms with Crippen LogP contribution < -0.4 is 10.9 Å². The number of hydrogen-bond acceptors (Lipinski definition) is 4. The number of aromatic nitrogens is 2. The van der Waals surface area contributed by atoms with Gasteiger partial charge in [0, 0.05) is 18.0 Å². The Kier molecular flexibility index (Phi) is 6.18. The third kappa shape index (κ3) is 4.49. The van der Waals surface area contributed by atoms with Crippen LogP contribution in [0.25, 0.3) is 0 Å². The lowest BCUT2D eigenvalue weighted by molar-refractivity contribution is 0.444. The highest BCUT2D eigenvalue weighted by molar-refractivity contribution is 7.90. The molecule has 1 heterocycles. The molecule has 30 heavy (non-hydrogen) atoms. The Balaban J connectivity index is 2.07. The van der Waals surface area contributed by atoms with E-state index in [1.807, 2.05) is 6.92 Å². The molecule has 3 aromatic rings. The lowest BCUT2D eigenvalue weighted by atomic mass is 10.1. The maximum atomic E-state index is 13.9. The van der Waals surface area contributed by atoms with Gasteiger partial charge in [-0.2, -0.15) is 9.37 Å². The van der Waals surface area contributed by atoms with Gasteiger partial charge < -0.3 is 14.4 Å². The highest BCUT2D eigenvalue weighted by atomic mass is 32.2. The molecule has 1 unspecified atom stereocenters. The predicted molar refractivity (Wildman–Crippen MR) is 105 cm³/mol. The SMILES string of the molecule is Cc1cc([S+](C)[O-])cc(Nc2nc(=O)c(F)cn2Cc2cc(F)c(F)c(F)c2)c1C. The lowest BCUT2D eigenvalue weighted by Crippen LogP contribution is -2.20. The van der Waals surface area contributed by atoms with E-state index in [1.165, 1.54) is 6.26 Å². The zero-order valence-electron chi connectivity index (χ0n) is 16.2. The Hall–Kier alpha value is -2.85. The molecule has 10 heteroatoms. The van der Waals surface area contributed by atoms with E-state index in [1.54, 1.807) is 19.1 Å². The van der Waals surface area contributed by atoms with Crippen LogP contribution in [0.1, 0.15) is 16.7 Å². The molecule has 0 aliphatic rings. The molecule has 0 saturated carbocycles. The fourth-order valence-electron chi connectivity index (χ4n) is 2.83. The van der Waals surface area contributed by atoms with Crippen molar-refractivity contribution >= 4 is 22.8 Å². The Morgan fingerprint density at radius 3 is 2.30 bits per heavy atom. The summed E-state index contributed by atoms with van der Waals surface area (Å²) in [5, 5.41) is 2.89. The molecule has 0 amide bonds. The molecule has 0 aliphatic heterocycles. The van der Waals surface area contributed by atoms with Crippen LogP contribution >= 0.6 is 0 Å². The largest absolute Gasteiger partial charge is 0.612 e. The summed E-state index contributed by atoms with van der Waals surface area (Å²) in [6.07, 6.45) is 2.35. The first-order valence-corrected chi connectivity index (χ1v) is 10.2. The van der Waals surface area contributed by atoms with E-state index in [9.17, 15) is 26.9 Å². The number of hydrogen-bond donors (Lipinski definition) is 1. The minimum absolute atomic E-state index is 0.00406. The molecular weight excluding hydrogens is 422 g/mol. The molecule has 0 spiro atoms.